The van der Waals surface area contributed by atoms with Crippen LogP contribution in [0.2, 0.25) is 0 Å². The first-order valence-electron chi connectivity index (χ1n) is 3.74. The summed E-state index contributed by atoms with van der Waals surface area (Å²) in [6, 6.07) is 2.06. The van der Waals surface area contributed by atoms with Crippen LogP contribution >= 0.6 is 0 Å². The zero-order valence-electron chi connectivity index (χ0n) is 5.97. The minimum Gasteiger partial charge on any atom is -0.299 e. The van der Waals surface area contributed by atoms with E-state index in [0.29, 0.717) is 12.2 Å². The van der Waals surface area contributed by atoms with Crippen molar-refractivity contribution in [2.75, 3.05) is 0 Å². The Morgan fingerprint density at radius 1 is 1.70 bits per heavy atom. The van der Waals surface area contributed by atoms with Gasteiger partial charge >= 0.3 is 0 Å². The highest BCUT2D eigenvalue weighted by Crippen LogP contribution is 2.24. The molecule has 2 nitrogen and oxygen atoms in total. The van der Waals surface area contributed by atoms with Gasteiger partial charge in [-0.3, -0.25) is 4.79 Å². The Hall–Kier alpha value is -0.840. The molecular weight excluding hydrogens is 126 g/mol. The number of nitriles is 1. The van der Waals surface area contributed by atoms with Gasteiger partial charge < -0.3 is 0 Å². The number of ketones is 1. The van der Waals surface area contributed by atoms with Crippen LogP contribution in [0.5, 0.6) is 0 Å². The first kappa shape index (κ1) is 7.27. The van der Waals surface area contributed by atoms with Gasteiger partial charge in [0.1, 0.15) is 5.78 Å². The Labute approximate surface area is 60.8 Å². The topological polar surface area (TPSA) is 40.9 Å². The number of rotatable bonds is 2. The Kier molecular flexibility index (Phi) is 2.44. The number of nitrogens with zero attached hydrogens (tertiary/aromatic N) is 1. The van der Waals surface area contributed by atoms with E-state index in [1.165, 1.54) is 0 Å². The second-order valence-electron chi connectivity index (χ2n) is 2.75. The van der Waals surface area contributed by atoms with Crippen molar-refractivity contribution in [1.29, 1.82) is 5.26 Å². The summed E-state index contributed by atoms with van der Waals surface area (Å²) in [5.74, 6) is 0.592. The van der Waals surface area contributed by atoms with Crippen LogP contribution in [-0.2, 0) is 4.79 Å². The second kappa shape index (κ2) is 3.36. The minimum atomic E-state index is 0.222. The summed E-state index contributed by atoms with van der Waals surface area (Å²) < 4.78 is 0. The quantitative estimate of drug-likeness (QED) is 0.580. The predicted octanol–water partition coefficient (Wildman–Crippen LogP) is 1.66. The summed E-state index contributed by atoms with van der Waals surface area (Å²) in [7, 11) is 0. The van der Waals surface area contributed by atoms with Crippen molar-refractivity contribution in [2.45, 2.75) is 32.1 Å². The second-order valence-corrected chi connectivity index (χ2v) is 2.75. The maximum Gasteiger partial charge on any atom is 0.136 e. The zero-order chi connectivity index (χ0) is 7.40. The van der Waals surface area contributed by atoms with Crippen molar-refractivity contribution in [3.05, 3.63) is 0 Å². The molecule has 1 aliphatic rings. The highest BCUT2D eigenvalue weighted by Gasteiger charge is 2.23. The van der Waals surface area contributed by atoms with Gasteiger partial charge in [-0.05, 0) is 19.3 Å². The molecule has 1 saturated carbocycles. The summed E-state index contributed by atoms with van der Waals surface area (Å²) in [5, 5.41) is 8.25. The maximum absolute atomic E-state index is 11.0. The summed E-state index contributed by atoms with van der Waals surface area (Å²) >= 11 is 0. The van der Waals surface area contributed by atoms with Crippen LogP contribution in [-0.4, -0.2) is 5.78 Å². The van der Waals surface area contributed by atoms with Gasteiger partial charge in [-0.15, -0.1) is 0 Å². The largest absolute Gasteiger partial charge is 0.299 e. The molecule has 1 fully saturated rings. The van der Waals surface area contributed by atoms with E-state index < -0.39 is 0 Å². The molecule has 2 heteroatoms. The zero-order valence-corrected chi connectivity index (χ0v) is 5.97. The summed E-state index contributed by atoms with van der Waals surface area (Å²) in [5.41, 5.74) is 0. The number of Topliss-reactive ketones (excluding diaryl/α,β-unsaturated/α-hetero) is 1. The Balaban J connectivity index is 2.28. The number of hydrogen-bond donors (Lipinski definition) is 0. The molecule has 1 rings (SSSR count). The number of hydrogen-bond acceptors (Lipinski definition) is 2. The van der Waals surface area contributed by atoms with Crippen LogP contribution in [0.4, 0.5) is 0 Å². The van der Waals surface area contributed by atoms with Crippen molar-refractivity contribution in [3.63, 3.8) is 0 Å². The number of carbonyl (C=O) groups excluding carboxylic acids is 1. The Morgan fingerprint density at radius 2 is 2.50 bits per heavy atom. The summed E-state index contributed by atoms with van der Waals surface area (Å²) in [6.45, 7) is 0. The monoisotopic (exact) mass is 137 g/mol. The maximum atomic E-state index is 11.0. The third kappa shape index (κ3) is 1.57. The molecule has 10 heavy (non-hydrogen) atoms. The minimum absolute atomic E-state index is 0.222. The molecule has 0 aromatic rings. The molecular formula is C8H11NO. The van der Waals surface area contributed by atoms with Crippen LogP contribution in [0.1, 0.15) is 32.1 Å². The molecule has 0 amide bonds. The van der Waals surface area contributed by atoms with Gasteiger partial charge in [0.2, 0.25) is 0 Å². The van der Waals surface area contributed by atoms with Crippen LogP contribution in [0.3, 0.4) is 0 Å². The van der Waals surface area contributed by atoms with Crippen molar-refractivity contribution < 1.29 is 4.79 Å². The first-order valence-corrected chi connectivity index (χ1v) is 3.74. The normalized spacial score (nSPS) is 24.7. The lowest BCUT2D eigenvalue weighted by atomic mass is 10.0. The van der Waals surface area contributed by atoms with E-state index in [1.54, 1.807) is 0 Å². The van der Waals surface area contributed by atoms with E-state index in [1.807, 2.05) is 0 Å². The highest BCUT2D eigenvalue weighted by atomic mass is 16.1. The molecule has 0 N–H and O–H groups in total. The first-order chi connectivity index (χ1) is 4.84. The molecule has 0 unspecified atom stereocenters. The van der Waals surface area contributed by atoms with Gasteiger partial charge in [0.15, 0.2) is 0 Å². The van der Waals surface area contributed by atoms with Crippen molar-refractivity contribution in [2.24, 2.45) is 5.92 Å². The molecule has 1 atom stereocenters. The van der Waals surface area contributed by atoms with Crippen molar-refractivity contribution in [3.8, 4) is 6.07 Å². The van der Waals surface area contributed by atoms with Crippen LogP contribution in [0.25, 0.3) is 0 Å². The van der Waals surface area contributed by atoms with E-state index in [4.69, 9.17) is 5.26 Å². The molecule has 0 saturated heterocycles. The molecule has 0 heterocycles. The number of carbonyl (C=O) groups is 1. The predicted molar refractivity (Wildman–Crippen MR) is 37.2 cm³/mol. The molecule has 1 aliphatic carbocycles. The van der Waals surface area contributed by atoms with Gasteiger partial charge in [-0.1, -0.05) is 0 Å². The highest BCUT2D eigenvalue weighted by molar-refractivity contribution is 5.82. The standard InChI is InChI=1S/C8H11NO/c9-6-2-4-7-3-1-5-8(7)10/h7H,1-5H2/t7-/m0/s1. The smallest absolute Gasteiger partial charge is 0.136 e. The van der Waals surface area contributed by atoms with E-state index >= 15 is 0 Å². The van der Waals surface area contributed by atoms with E-state index in [-0.39, 0.29) is 5.92 Å². The fraction of sp³-hybridized carbons (Fsp3) is 0.750. The van der Waals surface area contributed by atoms with Gasteiger partial charge in [0.25, 0.3) is 0 Å². The average Bonchev–Trinajstić information content (AvgIpc) is 2.31. The van der Waals surface area contributed by atoms with Crippen LogP contribution in [0, 0.1) is 17.2 Å². The average molecular weight is 137 g/mol. The van der Waals surface area contributed by atoms with Crippen LogP contribution < -0.4 is 0 Å². The summed E-state index contributed by atoms with van der Waals surface area (Å²) in [4.78, 5) is 11.0. The van der Waals surface area contributed by atoms with Gasteiger partial charge in [-0.25, -0.2) is 0 Å². The Bertz CT molecular complexity index is 169. The van der Waals surface area contributed by atoms with Gasteiger partial charge in [0, 0.05) is 18.8 Å². The molecule has 0 spiro atoms. The fourth-order valence-corrected chi connectivity index (χ4v) is 1.43. The van der Waals surface area contributed by atoms with Crippen molar-refractivity contribution >= 4 is 5.78 Å². The third-order valence-corrected chi connectivity index (χ3v) is 2.04. The van der Waals surface area contributed by atoms with E-state index in [9.17, 15) is 4.79 Å². The van der Waals surface area contributed by atoms with E-state index in [0.717, 1.165) is 25.7 Å². The lowest BCUT2D eigenvalue weighted by Crippen LogP contribution is -2.04. The lowest BCUT2D eigenvalue weighted by Gasteiger charge is -2.01. The molecule has 0 aliphatic heterocycles. The molecule has 0 aromatic heterocycles. The molecule has 0 bridgehead atoms. The molecule has 0 aromatic carbocycles. The van der Waals surface area contributed by atoms with Gasteiger partial charge in [0.05, 0.1) is 6.07 Å². The lowest BCUT2D eigenvalue weighted by molar-refractivity contribution is -0.120. The third-order valence-electron chi connectivity index (χ3n) is 2.04. The molecule has 0 radical (unpaired) electrons. The van der Waals surface area contributed by atoms with E-state index in [2.05, 4.69) is 6.07 Å². The fourth-order valence-electron chi connectivity index (χ4n) is 1.43. The van der Waals surface area contributed by atoms with Crippen molar-refractivity contribution in [1.82, 2.24) is 0 Å². The summed E-state index contributed by atoms with van der Waals surface area (Å²) in [6.07, 6.45) is 4.12. The van der Waals surface area contributed by atoms with Crippen LogP contribution in [0.15, 0.2) is 0 Å². The Morgan fingerprint density at radius 3 is 3.00 bits per heavy atom. The van der Waals surface area contributed by atoms with Gasteiger partial charge in [-0.2, -0.15) is 5.26 Å². The molecule has 54 valence electrons. The SMILES string of the molecule is N#CCC[C@@H]1CCCC1=O.